The van der Waals surface area contributed by atoms with Gasteiger partial charge in [-0.1, -0.05) is 19.8 Å². The van der Waals surface area contributed by atoms with Gasteiger partial charge in [0, 0.05) is 19.0 Å². The molecule has 0 bridgehead atoms. The topological polar surface area (TPSA) is 15.6 Å². The van der Waals surface area contributed by atoms with Gasteiger partial charge in [0.15, 0.2) is 0 Å². The molecular weight excluding hydrogens is 136 g/mol. The highest BCUT2D eigenvalue weighted by Gasteiger charge is 1.97. The molecule has 11 heavy (non-hydrogen) atoms. The standard InChI is InChI=1S/C9H16N2/c1-2-3-4-7-11-8-5-6-10-9-11/h5-6,8H,2-4,7,9H2,1H3. The molecule has 1 aliphatic heterocycles. The van der Waals surface area contributed by atoms with E-state index in [1.165, 1.54) is 19.3 Å². The summed E-state index contributed by atoms with van der Waals surface area (Å²) < 4.78 is 0. The van der Waals surface area contributed by atoms with E-state index >= 15 is 0 Å². The number of unbranched alkanes of at least 4 members (excludes halogenated alkanes) is 2. The quantitative estimate of drug-likeness (QED) is 0.563. The van der Waals surface area contributed by atoms with Crippen molar-refractivity contribution in [3.63, 3.8) is 0 Å². The Morgan fingerprint density at radius 3 is 3.00 bits per heavy atom. The van der Waals surface area contributed by atoms with Crippen molar-refractivity contribution in [3.8, 4) is 0 Å². The Morgan fingerprint density at radius 1 is 1.45 bits per heavy atom. The van der Waals surface area contributed by atoms with Crippen molar-refractivity contribution in [2.24, 2.45) is 4.99 Å². The van der Waals surface area contributed by atoms with Crippen LogP contribution in [0.2, 0.25) is 0 Å². The van der Waals surface area contributed by atoms with Gasteiger partial charge in [-0.3, -0.25) is 4.99 Å². The molecule has 0 N–H and O–H groups in total. The number of hydrogen-bond acceptors (Lipinski definition) is 2. The second-order valence-corrected chi connectivity index (χ2v) is 2.83. The van der Waals surface area contributed by atoms with Crippen LogP contribution in [0.25, 0.3) is 0 Å². The highest BCUT2D eigenvalue weighted by molar-refractivity contribution is 5.71. The van der Waals surface area contributed by atoms with E-state index in [4.69, 9.17) is 0 Å². The molecule has 0 radical (unpaired) electrons. The van der Waals surface area contributed by atoms with Gasteiger partial charge in [-0.05, 0) is 12.5 Å². The Kier molecular flexibility index (Phi) is 3.73. The Bertz CT molecular complexity index is 150. The van der Waals surface area contributed by atoms with Crippen molar-refractivity contribution in [3.05, 3.63) is 12.3 Å². The minimum Gasteiger partial charge on any atom is -0.358 e. The third kappa shape index (κ3) is 3.21. The molecule has 0 aromatic heterocycles. The van der Waals surface area contributed by atoms with Crippen molar-refractivity contribution >= 4 is 6.21 Å². The summed E-state index contributed by atoms with van der Waals surface area (Å²) in [5.74, 6) is 0. The average Bonchev–Trinajstić information content (AvgIpc) is 2.07. The Labute approximate surface area is 68.6 Å². The van der Waals surface area contributed by atoms with Crippen molar-refractivity contribution < 1.29 is 0 Å². The normalized spacial score (nSPS) is 15.9. The molecule has 2 heteroatoms. The van der Waals surface area contributed by atoms with Gasteiger partial charge in [-0.25, -0.2) is 0 Å². The zero-order valence-corrected chi connectivity index (χ0v) is 7.16. The Balaban J connectivity index is 2.07. The molecule has 0 fully saturated rings. The van der Waals surface area contributed by atoms with E-state index in [1.54, 1.807) is 0 Å². The van der Waals surface area contributed by atoms with Gasteiger partial charge < -0.3 is 4.90 Å². The first-order valence-corrected chi connectivity index (χ1v) is 4.34. The minimum atomic E-state index is 0.847. The van der Waals surface area contributed by atoms with Gasteiger partial charge in [0.05, 0.1) is 0 Å². The minimum absolute atomic E-state index is 0.847. The Morgan fingerprint density at radius 2 is 2.36 bits per heavy atom. The summed E-state index contributed by atoms with van der Waals surface area (Å²) >= 11 is 0. The molecule has 0 atom stereocenters. The van der Waals surface area contributed by atoms with Gasteiger partial charge >= 0.3 is 0 Å². The zero-order chi connectivity index (χ0) is 7.94. The summed E-state index contributed by atoms with van der Waals surface area (Å²) in [5.41, 5.74) is 0. The van der Waals surface area contributed by atoms with Crippen LogP contribution < -0.4 is 0 Å². The van der Waals surface area contributed by atoms with Crippen LogP contribution in [0.4, 0.5) is 0 Å². The van der Waals surface area contributed by atoms with Crippen LogP contribution >= 0.6 is 0 Å². The summed E-state index contributed by atoms with van der Waals surface area (Å²) in [5, 5.41) is 0. The molecule has 0 amide bonds. The van der Waals surface area contributed by atoms with Crippen LogP contribution in [0, 0.1) is 0 Å². The Hall–Kier alpha value is -0.790. The van der Waals surface area contributed by atoms with E-state index < -0.39 is 0 Å². The molecule has 0 aromatic carbocycles. The molecular formula is C9H16N2. The van der Waals surface area contributed by atoms with E-state index in [0.29, 0.717) is 0 Å². The first-order valence-electron chi connectivity index (χ1n) is 4.34. The monoisotopic (exact) mass is 152 g/mol. The lowest BCUT2D eigenvalue weighted by atomic mass is 10.2. The predicted octanol–water partition coefficient (Wildman–Crippen LogP) is 2.03. The van der Waals surface area contributed by atoms with Crippen LogP contribution in [-0.4, -0.2) is 24.3 Å². The van der Waals surface area contributed by atoms with Gasteiger partial charge in [0.2, 0.25) is 0 Å². The lowest BCUT2D eigenvalue weighted by Gasteiger charge is -2.19. The van der Waals surface area contributed by atoms with Crippen LogP contribution in [0.1, 0.15) is 26.2 Å². The second-order valence-electron chi connectivity index (χ2n) is 2.83. The molecule has 1 rings (SSSR count). The molecule has 0 aromatic rings. The molecule has 1 aliphatic rings. The van der Waals surface area contributed by atoms with Crippen LogP contribution in [0.3, 0.4) is 0 Å². The van der Waals surface area contributed by atoms with E-state index in [9.17, 15) is 0 Å². The fraction of sp³-hybridized carbons (Fsp3) is 0.667. The highest BCUT2D eigenvalue weighted by Crippen LogP contribution is 2.00. The average molecular weight is 152 g/mol. The van der Waals surface area contributed by atoms with E-state index in [2.05, 4.69) is 23.0 Å². The molecule has 2 nitrogen and oxygen atoms in total. The largest absolute Gasteiger partial charge is 0.358 e. The molecule has 0 aliphatic carbocycles. The van der Waals surface area contributed by atoms with Crippen LogP contribution in [-0.2, 0) is 0 Å². The summed E-state index contributed by atoms with van der Waals surface area (Å²) in [6.45, 7) is 4.23. The third-order valence-electron chi connectivity index (χ3n) is 1.80. The maximum atomic E-state index is 4.15. The van der Waals surface area contributed by atoms with Crippen LogP contribution in [0.5, 0.6) is 0 Å². The molecule has 0 saturated carbocycles. The van der Waals surface area contributed by atoms with Gasteiger partial charge in [-0.2, -0.15) is 0 Å². The lowest BCUT2D eigenvalue weighted by molar-refractivity contribution is 0.373. The fourth-order valence-electron chi connectivity index (χ4n) is 1.13. The van der Waals surface area contributed by atoms with Crippen molar-refractivity contribution in [2.45, 2.75) is 26.2 Å². The molecule has 0 unspecified atom stereocenters. The van der Waals surface area contributed by atoms with E-state index in [0.717, 1.165) is 13.2 Å². The number of nitrogens with zero attached hydrogens (tertiary/aromatic N) is 2. The lowest BCUT2D eigenvalue weighted by Crippen LogP contribution is -2.20. The fourth-order valence-corrected chi connectivity index (χ4v) is 1.13. The third-order valence-corrected chi connectivity index (χ3v) is 1.80. The first kappa shape index (κ1) is 8.31. The molecule has 0 spiro atoms. The maximum absolute atomic E-state index is 4.15. The molecule has 62 valence electrons. The predicted molar refractivity (Wildman–Crippen MR) is 48.7 cm³/mol. The first-order chi connectivity index (χ1) is 5.43. The second kappa shape index (κ2) is 4.94. The van der Waals surface area contributed by atoms with Crippen molar-refractivity contribution in [2.75, 3.05) is 13.2 Å². The van der Waals surface area contributed by atoms with E-state index in [-0.39, 0.29) is 0 Å². The number of rotatable bonds is 4. The van der Waals surface area contributed by atoms with Crippen molar-refractivity contribution in [1.29, 1.82) is 0 Å². The van der Waals surface area contributed by atoms with Gasteiger partial charge in [0.1, 0.15) is 6.67 Å². The highest BCUT2D eigenvalue weighted by atomic mass is 15.2. The van der Waals surface area contributed by atoms with E-state index in [1.807, 2.05) is 12.3 Å². The molecule has 0 saturated heterocycles. The summed E-state index contributed by atoms with van der Waals surface area (Å²) in [6, 6.07) is 0. The number of aliphatic imine (C=N–C) groups is 1. The summed E-state index contributed by atoms with van der Waals surface area (Å²) in [7, 11) is 0. The smallest absolute Gasteiger partial charge is 0.109 e. The molecule has 1 heterocycles. The summed E-state index contributed by atoms with van der Waals surface area (Å²) in [6.07, 6.45) is 9.87. The van der Waals surface area contributed by atoms with Gasteiger partial charge in [0.25, 0.3) is 0 Å². The van der Waals surface area contributed by atoms with Crippen molar-refractivity contribution in [1.82, 2.24) is 4.90 Å². The summed E-state index contributed by atoms with van der Waals surface area (Å²) in [4.78, 5) is 6.40. The SMILES string of the molecule is CCCCCN1C=CC=NC1. The number of hydrogen-bond donors (Lipinski definition) is 0. The van der Waals surface area contributed by atoms with Crippen LogP contribution in [0.15, 0.2) is 17.3 Å². The van der Waals surface area contributed by atoms with Gasteiger partial charge in [-0.15, -0.1) is 0 Å². The maximum Gasteiger partial charge on any atom is 0.109 e. The zero-order valence-electron chi connectivity index (χ0n) is 7.16. The number of allylic oxidation sites excluding steroid dienone is 1.